The summed E-state index contributed by atoms with van der Waals surface area (Å²) in [5.74, 6) is 2.77. The van der Waals surface area contributed by atoms with Gasteiger partial charge in [0.15, 0.2) is 11.5 Å². The Bertz CT molecular complexity index is 1100. The number of nitrogens with zero attached hydrogens (tertiary/aromatic N) is 3. The molecule has 4 fully saturated rings. The minimum atomic E-state index is -0.370. The Morgan fingerprint density at radius 2 is 1.86 bits per heavy atom. The van der Waals surface area contributed by atoms with Crippen LogP contribution in [0.3, 0.4) is 0 Å². The second-order valence-electron chi connectivity index (χ2n) is 9.24. The van der Waals surface area contributed by atoms with Crippen LogP contribution in [-0.2, 0) is 10.2 Å². The number of carbonyl (C=O) groups is 1. The molecule has 1 N–H and O–H groups in total. The molecule has 0 atom stereocenters. The second kappa shape index (κ2) is 6.08. The third-order valence-corrected chi connectivity index (χ3v) is 7.70. The topological polar surface area (TPSA) is 72.3 Å². The lowest BCUT2D eigenvalue weighted by Crippen LogP contribution is -2.48. The van der Waals surface area contributed by atoms with Crippen LogP contribution in [0.4, 0.5) is 0 Å². The summed E-state index contributed by atoms with van der Waals surface area (Å²) < 4.78 is 6.45. The van der Waals surface area contributed by atoms with Crippen LogP contribution in [0.2, 0.25) is 5.02 Å². The molecule has 150 valence electrons. The fourth-order valence-corrected chi connectivity index (χ4v) is 6.94. The van der Waals surface area contributed by atoms with Crippen LogP contribution in [0.25, 0.3) is 17.0 Å². The van der Waals surface area contributed by atoms with Crippen molar-refractivity contribution >= 4 is 23.2 Å². The van der Waals surface area contributed by atoms with E-state index in [0.717, 1.165) is 34.7 Å². The molecule has 0 unspecified atom stereocenters. The fourth-order valence-electron chi connectivity index (χ4n) is 6.58. The Labute approximate surface area is 173 Å². The highest BCUT2D eigenvalue weighted by atomic mass is 35.5. The monoisotopic (exact) mass is 410 g/mol. The maximum atomic E-state index is 11.8. The van der Waals surface area contributed by atoms with E-state index in [4.69, 9.17) is 21.4 Å². The van der Waals surface area contributed by atoms with Crippen molar-refractivity contribution in [2.24, 2.45) is 17.8 Å². The molecule has 0 saturated heterocycles. The Kier molecular flexibility index (Phi) is 3.67. The number of halogens is 1. The molecular weight excluding hydrogens is 388 g/mol. The predicted octanol–water partition coefficient (Wildman–Crippen LogP) is 4.63. The van der Waals surface area contributed by atoms with Crippen LogP contribution < -0.4 is 0 Å². The van der Waals surface area contributed by atoms with E-state index in [2.05, 4.69) is 10.1 Å². The zero-order valence-corrected chi connectivity index (χ0v) is 17.1. The minimum Gasteiger partial charge on any atom is -0.465 e. The van der Waals surface area contributed by atoms with E-state index in [-0.39, 0.29) is 11.4 Å². The highest BCUT2D eigenvalue weighted by Gasteiger charge is 2.53. The van der Waals surface area contributed by atoms with Gasteiger partial charge in [-0.3, -0.25) is 0 Å². The molecule has 4 bridgehead atoms. The van der Waals surface area contributed by atoms with Gasteiger partial charge in [0.25, 0.3) is 0 Å². The number of nitrogens with one attached hydrogen (secondary N) is 1. The first-order chi connectivity index (χ1) is 14.0. The van der Waals surface area contributed by atoms with E-state index in [9.17, 15) is 4.79 Å². The summed E-state index contributed by atoms with van der Waals surface area (Å²) in [5, 5.41) is 10.2. The second-order valence-corrected chi connectivity index (χ2v) is 9.62. The predicted molar refractivity (Wildman–Crippen MR) is 109 cm³/mol. The van der Waals surface area contributed by atoms with Gasteiger partial charge in [-0.15, -0.1) is 9.73 Å². The molecule has 0 spiro atoms. The number of benzene rings is 1. The van der Waals surface area contributed by atoms with Crippen LogP contribution in [0, 0.1) is 17.8 Å². The van der Waals surface area contributed by atoms with E-state index in [1.165, 1.54) is 45.6 Å². The summed E-state index contributed by atoms with van der Waals surface area (Å²) in [6, 6.07) is 7.20. The molecule has 0 aliphatic heterocycles. The third kappa shape index (κ3) is 2.58. The van der Waals surface area contributed by atoms with Crippen molar-refractivity contribution in [2.75, 3.05) is 7.11 Å². The van der Waals surface area contributed by atoms with E-state index in [1.807, 2.05) is 12.1 Å². The maximum Gasteiger partial charge on any atom is 0.337 e. The summed E-state index contributed by atoms with van der Waals surface area (Å²) in [5.41, 5.74) is 3.18. The highest BCUT2D eigenvalue weighted by molar-refractivity contribution is 6.34. The van der Waals surface area contributed by atoms with Gasteiger partial charge in [0, 0.05) is 11.0 Å². The number of fused-ring (bicyclic) bond motifs is 1. The Morgan fingerprint density at radius 1 is 1.17 bits per heavy atom. The van der Waals surface area contributed by atoms with Gasteiger partial charge in [-0.1, -0.05) is 23.7 Å². The average molecular weight is 411 g/mol. The van der Waals surface area contributed by atoms with Crippen molar-refractivity contribution in [3.63, 3.8) is 0 Å². The Morgan fingerprint density at radius 3 is 2.48 bits per heavy atom. The number of aromatic amines is 1. The molecule has 4 aliphatic carbocycles. The Balaban J connectivity index is 1.39. The molecule has 2 aromatic heterocycles. The summed E-state index contributed by atoms with van der Waals surface area (Å²) in [6.45, 7) is 0. The quantitative estimate of drug-likeness (QED) is 0.639. The van der Waals surface area contributed by atoms with Gasteiger partial charge >= 0.3 is 5.97 Å². The maximum absolute atomic E-state index is 11.8. The van der Waals surface area contributed by atoms with Crippen LogP contribution >= 0.6 is 11.6 Å². The Hall–Kier alpha value is -2.34. The minimum absolute atomic E-state index is 0.130. The van der Waals surface area contributed by atoms with Gasteiger partial charge in [0.05, 0.1) is 18.4 Å². The highest BCUT2D eigenvalue weighted by Crippen LogP contribution is 2.61. The van der Waals surface area contributed by atoms with Gasteiger partial charge in [-0.05, 0) is 68.4 Å². The number of esters is 1. The summed E-state index contributed by atoms with van der Waals surface area (Å²) in [4.78, 5) is 15.2. The first-order valence-electron chi connectivity index (χ1n) is 10.4. The van der Waals surface area contributed by atoms with Crippen molar-refractivity contribution in [2.45, 2.75) is 43.9 Å². The van der Waals surface area contributed by atoms with Crippen LogP contribution in [0.1, 0.15) is 54.6 Å². The number of hydrogen-bond donors (Lipinski definition) is 1. The van der Waals surface area contributed by atoms with Crippen molar-refractivity contribution in [3.05, 3.63) is 40.5 Å². The fraction of sp³-hybridized carbons (Fsp3) is 0.500. The molecule has 7 heteroatoms. The summed E-state index contributed by atoms with van der Waals surface area (Å²) in [7, 11) is 1.38. The van der Waals surface area contributed by atoms with Crippen molar-refractivity contribution < 1.29 is 9.53 Å². The van der Waals surface area contributed by atoms with Crippen LogP contribution in [0.5, 0.6) is 0 Å². The van der Waals surface area contributed by atoms with Gasteiger partial charge in [0.1, 0.15) is 5.02 Å². The van der Waals surface area contributed by atoms with Gasteiger partial charge < -0.3 is 9.72 Å². The van der Waals surface area contributed by atoms with E-state index in [0.29, 0.717) is 16.4 Å². The van der Waals surface area contributed by atoms with Gasteiger partial charge in [-0.25, -0.2) is 4.79 Å². The number of aromatic nitrogens is 4. The molecule has 2 heterocycles. The van der Waals surface area contributed by atoms with Crippen LogP contribution in [-0.4, -0.2) is 32.9 Å². The molecule has 29 heavy (non-hydrogen) atoms. The number of H-pyrrole nitrogens is 1. The first-order valence-corrected chi connectivity index (χ1v) is 10.8. The molecule has 0 amide bonds. The molecule has 4 aliphatic rings. The lowest BCUT2D eigenvalue weighted by Gasteiger charge is -2.56. The molecule has 7 rings (SSSR count). The molecule has 6 nitrogen and oxygen atoms in total. The van der Waals surface area contributed by atoms with Crippen molar-refractivity contribution in [3.8, 4) is 11.4 Å². The number of rotatable bonds is 3. The van der Waals surface area contributed by atoms with E-state index in [1.54, 1.807) is 16.8 Å². The smallest absolute Gasteiger partial charge is 0.337 e. The molecule has 3 aromatic rings. The van der Waals surface area contributed by atoms with Gasteiger partial charge in [0.2, 0.25) is 0 Å². The number of methoxy groups -OCH3 is 1. The first kappa shape index (κ1) is 17.5. The molecule has 4 saturated carbocycles. The lowest BCUT2D eigenvalue weighted by atomic mass is 9.49. The normalized spacial score (nSPS) is 30.2. The standard InChI is InChI=1S/C22H23ClN4O2/c1-29-21(28)16-4-2-3-15(8-16)19-24-20-17(23)18(25-27(20)26-19)22-9-12-5-13(10-22)7-14(6-12)11-22/h2-4,8,12-14H,5-7,9-11H2,1H3,(H,24,26). The van der Waals surface area contributed by atoms with Crippen molar-refractivity contribution in [1.29, 1.82) is 0 Å². The lowest BCUT2D eigenvalue weighted by molar-refractivity contribution is -0.00732. The van der Waals surface area contributed by atoms with Crippen LogP contribution in [0.15, 0.2) is 24.3 Å². The number of carbonyl (C=O) groups excluding carboxylic acids is 1. The third-order valence-electron chi connectivity index (χ3n) is 7.34. The molecule has 0 radical (unpaired) electrons. The molecular formula is C22H23ClN4O2. The van der Waals surface area contributed by atoms with Gasteiger partial charge in [-0.2, -0.15) is 5.10 Å². The van der Waals surface area contributed by atoms with Crippen molar-refractivity contribution in [1.82, 2.24) is 19.8 Å². The largest absolute Gasteiger partial charge is 0.465 e. The summed E-state index contributed by atoms with van der Waals surface area (Å²) in [6.07, 6.45) is 7.82. The number of hydrogen-bond acceptors (Lipinski definition) is 4. The van der Waals surface area contributed by atoms with E-state index < -0.39 is 0 Å². The average Bonchev–Trinajstić information content (AvgIpc) is 3.26. The number of ether oxygens (including phenoxy) is 1. The zero-order chi connectivity index (χ0) is 19.8. The molecule has 1 aromatic carbocycles. The summed E-state index contributed by atoms with van der Waals surface area (Å²) >= 11 is 6.87. The zero-order valence-electron chi connectivity index (χ0n) is 16.3. The SMILES string of the molecule is COC(=O)c1cccc(-c2nn3nc(C45CC6CC(CC(C6)C4)C5)c(Cl)c3[nH]2)c1. The van der Waals surface area contributed by atoms with E-state index >= 15 is 0 Å².